The molecule has 3 rings (SSSR count). The first-order chi connectivity index (χ1) is 14.0. The van der Waals surface area contributed by atoms with Crippen LogP contribution in [0.2, 0.25) is 0 Å². The van der Waals surface area contributed by atoms with E-state index < -0.39 is 0 Å². The Balaban J connectivity index is 1.35. The first kappa shape index (κ1) is 21.6. The predicted octanol–water partition coefficient (Wildman–Crippen LogP) is 1.74. The van der Waals surface area contributed by atoms with Crippen molar-refractivity contribution in [2.75, 3.05) is 57.3 Å². The normalized spacial score (nSPS) is 20.9. The first-order valence-corrected chi connectivity index (χ1v) is 10.8. The first-order valence-electron chi connectivity index (χ1n) is 10.8. The Kier molecular flexibility index (Phi) is 7.50. The van der Waals surface area contributed by atoms with Gasteiger partial charge in [0, 0.05) is 51.4 Å². The van der Waals surface area contributed by atoms with E-state index in [0.717, 1.165) is 51.4 Å². The predicted molar refractivity (Wildman–Crippen MR) is 116 cm³/mol. The van der Waals surface area contributed by atoms with Gasteiger partial charge in [-0.05, 0) is 56.6 Å². The van der Waals surface area contributed by atoms with Gasteiger partial charge in [0.25, 0.3) is 0 Å². The van der Waals surface area contributed by atoms with Crippen LogP contribution in [0.1, 0.15) is 30.9 Å². The number of anilines is 1. The molecular weight excluding hydrogens is 366 g/mol. The Morgan fingerprint density at radius 1 is 1.10 bits per heavy atom. The van der Waals surface area contributed by atoms with Crippen LogP contribution in [0.15, 0.2) is 18.2 Å². The molecule has 2 saturated heterocycles. The maximum absolute atomic E-state index is 12.4. The number of amides is 3. The molecule has 0 bridgehead atoms. The lowest BCUT2D eigenvalue weighted by atomic mass is 10.1. The Bertz CT molecular complexity index is 715. The average molecular weight is 402 g/mol. The lowest BCUT2D eigenvalue weighted by molar-refractivity contribution is -0.117. The van der Waals surface area contributed by atoms with E-state index in [1.54, 1.807) is 4.90 Å². The number of carbonyl (C=O) groups excluding carboxylic acids is 2. The third-order valence-electron chi connectivity index (χ3n) is 6.11. The molecule has 0 aliphatic carbocycles. The summed E-state index contributed by atoms with van der Waals surface area (Å²) >= 11 is 0. The molecule has 0 radical (unpaired) electrons. The van der Waals surface area contributed by atoms with Gasteiger partial charge in [-0.25, -0.2) is 4.79 Å². The van der Waals surface area contributed by atoms with Crippen LogP contribution in [0.25, 0.3) is 0 Å². The summed E-state index contributed by atoms with van der Waals surface area (Å²) in [5.74, 6) is 0.0600. The van der Waals surface area contributed by atoms with E-state index in [9.17, 15) is 9.59 Å². The quantitative estimate of drug-likeness (QED) is 0.683. The molecular formula is C22H35N5O2. The summed E-state index contributed by atoms with van der Waals surface area (Å²) in [5.41, 5.74) is 3.29. The molecule has 1 unspecified atom stereocenters. The second-order valence-electron chi connectivity index (χ2n) is 8.20. The van der Waals surface area contributed by atoms with Crippen LogP contribution in [0.4, 0.5) is 10.5 Å². The molecule has 7 heteroatoms. The highest BCUT2D eigenvalue weighted by molar-refractivity contribution is 5.96. The second-order valence-corrected chi connectivity index (χ2v) is 8.20. The van der Waals surface area contributed by atoms with Gasteiger partial charge in [-0.1, -0.05) is 13.0 Å². The Morgan fingerprint density at radius 2 is 1.83 bits per heavy atom. The number of nitrogens with zero attached hydrogens (tertiary/aromatic N) is 3. The molecule has 2 N–H and O–H groups in total. The van der Waals surface area contributed by atoms with Crippen molar-refractivity contribution in [3.8, 4) is 0 Å². The maximum Gasteiger partial charge on any atom is 0.315 e. The van der Waals surface area contributed by atoms with Gasteiger partial charge in [0.1, 0.15) is 0 Å². The molecule has 160 valence electrons. The summed E-state index contributed by atoms with van der Waals surface area (Å²) in [6, 6.07) is 5.72. The van der Waals surface area contributed by atoms with Gasteiger partial charge in [-0.3, -0.25) is 4.79 Å². The minimum Gasteiger partial charge on any atom is -0.338 e. The molecule has 2 heterocycles. The molecule has 1 aromatic rings. The smallest absolute Gasteiger partial charge is 0.315 e. The van der Waals surface area contributed by atoms with Gasteiger partial charge >= 0.3 is 6.03 Å². The lowest BCUT2D eigenvalue weighted by Crippen LogP contribution is -2.47. The fourth-order valence-corrected chi connectivity index (χ4v) is 4.02. The number of hydrogen-bond acceptors (Lipinski definition) is 4. The van der Waals surface area contributed by atoms with Crippen molar-refractivity contribution in [2.24, 2.45) is 0 Å². The van der Waals surface area contributed by atoms with Gasteiger partial charge in [0.05, 0.1) is 6.04 Å². The number of hydrogen-bond donors (Lipinski definition) is 2. The highest BCUT2D eigenvalue weighted by Gasteiger charge is 2.31. The third-order valence-corrected chi connectivity index (χ3v) is 6.11. The molecule has 7 nitrogen and oxygen atoms in total. The van der Waals surface area contributed by atoms with Crippen molar-refractivity contribution in [1.29, 1.82) is 0 Å². The van der Waals surface area contributed by atoms with E-state index in [-0.39, 0.29) is 18.0 Å². The molecule has 1 atom stereocenters. The van der Waals surface area contributed by atoms with Gasteiger partial charge in [-0.15, -0.1) is 0 Å². The molecule has 2 fully saturated rings. The SMILES string of the molecule is CCN1CCN(CCCNC(=O)NC2CC(=O)N(c3ccc(C)c(C)c3)C2)CC1. The van der Waals surface area contributed by atoms with Crippen molar-refractivity contribution in [2.45, 2.75) is 39.7 Å². The summed E-state index contributed by atoms with van der Waals surface area (Å²) in [5, 5.41) is 5.89. The van der Waals surface area contributed by atoms with Gasteiger partial charge in [-0.2, -0.15) is 0 Å². The molecule has 29 heavy (non-hydrogen) atoms. The van der Waals surface area contributed by atoms with Gasteiger partial charge < -0.3 is 25.3 Å². The molecule has 3 amide bonds. The van der Waals surface area contributed by atoms with E-state index in [1.807, 2.05) is 25.1 Å². The van der Waals surface area contributed by atoms with Crippen molar-refractivity contribution >= 4 is 17.6 Å². The van der Waals surface area contributed by atoms with Crippen molar-refractivity contribution in [1.82, 2.24) is 20.4 Å². The van der Waals surface area contributed by atoms with Crippen molar-refractivity contribution < 1.29 is 9.59 Å². The zero-order chi connectivity index (χ0) is 20.8. The molecule has 0 saturated carbocycles. The third kappa shape index (κ3) is 5.93. The van der Waals surface area contributed by atoms with E-state index in [4.69, 9.17) is 0 Å². The summed E-state index contributed by atoms with van der Waals surface area (Å²) in [7, 11) is 0. The van der Waals surface area contributed by atoms with E-state index in [2.05, 4.69) is 34.3 Å². The average Bonchev–Trinajstić information content (AvgIpc) is 3.07. The summed E-state index contributed by atoms with van der Waals surface area (Å²) in [6.07, 6.45) is 1.29. The van der Waals surface area contributed by atoms with E-state index >= 15 is 0 Å². The minimum atomic E-state index is -0.180. The van der Waals surface area contributed by atoms with Crippen molar-refractivity contribution in [3.05, 3.63) is 29.3 Å². The minimum absolute atomic E-state index is 0.0600. The zero-order valence-corrected chi connectivity index (χ0v) is 18.0. The number of piperazine rings is 1. The zero-order valence-electron chi connectivity index (χ0n) is 18.0. The highest BCUT2D eigenvalue weighted by Crippen LogP contribution is 2.24. The van der Waals surface area contributed by atoms with Gasteiger partial charge in [0.15, 0.2) is 0 Å². The van der Waals surface area contributed by atoms with Crippen LogP contribution in [-0.4, -0.2) is 80.1 Å². The highest BCUT2D eigenvalue weighted by atomic mass is 16.2. The fraction of sp³-hybridized carbons (Fsp3) is 0.636. The standard InChI is InChI=1S/C22H35N5O2/c1-4-25-10-12-26(13-11-25)9-5-8-23-22(29)24-19-15-21(28)27(16-19)20-7-6-17(2)18(3)14-20/h6-7,14,19H,4-5,8-13,15-16H2,1-3H3,(H2,23,24,29). The number of nitrogens with one attached hydrogen (secondary N) is 2. The van der Waals surface area contributed by atoms with Crippen LogP contribution in [0.5, 0.6) is 0 Å². The number of likely N-dealkylation sites (N-methyl/N-ethyl adjacent to an activating group) is 1. The molecule has 2 aliphatic rings. The molecule has 2 aliphatic heterocycles. The van der Waals surface area contributed by atoms with E-state index in [1.165, 1.54) is 11.1 Å². The topological polar surface area (TPSA) is 67.9 Å². The van der Waals surface area contributed by atoms with Crippen LogP contribution in [0.3, 0.4) is 0 Å². The van der Waals surface area contributed by atoms with Crippen LogP contribution in [0, 0.1) is 13.8 Å². The number of carbonyl (C=O) groups is 2. The maximum atomic E-state index is 12.4. The number of urea groups is 1. The van der Waals surface area contributed by atoms with Crippen LogP contribution < -0.4 is 15.5 Å². The Labute approximate surface area is 174 Å². The van der Waals surface area contributed by atoms with Gasteiger partial charge in [0.2, 0.25) is 5.91 Å². The Hall–Kier alpha value is -2.12. The van der Waals surface area contributed by atoms with Crippen molar-refractivity contribution in [3.63, 3.8) is 0 Å². The lowest BCUT2D eigenvalue weighted by Gasteiger charge is -2.33. The van der Waals surface area contributed by atoms with Crippen LogP contribution >= 0.6 is 0 Å². The second kappa shape index (κ2) is 10.1. The van der Waals surface area contributed by atoms with E-state index in [0.29, 0.717) is 19.5 Å². The van der Waals surface area contributed by atoms with Crippen LogP contribution in [-0.2, 0) is 4.79 Å². The monoisotopic (exact) mass is 401 g/mol. The number of aryl methyl sites for hydroxylation is 2. The summed E-state index contributed by atoms with van der Waals surface area (Å²) in [6.45, 7) is 14.1. The fourth-order valence-electron chi connectivity index (χ4n) is 4.02. The number of rotatable bonds is 7. The number of benzene rings is 1. The summed E-state index contributed by atoms with van der Waals surface area (Å²) < 4.78 is 0. The Morgan fingerprint density at radius 3 is 2.52 bits per heavy atom. The molecule has 1 aromatic carbocycles. The molecule has 0 aromatic heterocycles. The summed E-state index contributed by atoms with van der Waals surface area (Å²) in [4.78, 5) is 31.3. The molecule has 0 spiro atoms. The largest absolute Gasteiger partial charge is 0.338 e.